The second kappa shape index (κ2) is 10.9. The molecule has 0 unspecified atom stereocenters. The quantitative estimate of drug-likeness (QED) is 0.610. The number of carbonyl (C=O) groups excluding carboxylic acids is 2. The molecule has 2 aromatic rings. The molecule has 0 saturated heterocycles. The zero-order valence-corrected chi connectivity index (χ0v) is 19.4. The number of likely N-dealkylation sites (N-methyl/N-ethyl adjacent to an activating group) is 1. The number of nitrogens with one attached hydrogen (secondary N) is 1. The van der Waals surface area contributed by atoms with Gasteiger partial charge in [0.2, 0.25) is 5.91 Å². The Hall–Kier alpha value is -2.73. The van der Waals surface area contributed by atoms with Gasteiger partial charge in [-0.1, -0.05) is 43.5 Å². The summed E-state index contributed by atoms with van der Waals surface area (Å²) in [6, 6.07) is 14.7. The zero-order chi connectivity index (χ0) is 23.2. The maximum atomic E-state index is 13.3. The summed E-state index contributed by atoms with van der Waals surface area (Å²) in [5, 5.41) is 3.00. The fraction of sp³-hybridized carbons (Fsp3) is 0.481. The highest BCUT2D eigenvalue weighted by Crippen LogP contribution is 2.25. The van der Waals surface area contributed by atoms with Gasteiger partial charge in [-0.25, -0.2) is 4.39 Å². The molecule has 0 aromatic heterocycles. The van der Waals surface area contributed by atoms with Crippen molar-refractivity contribution < 1.29 is 14.0 Å². The molecule has 2 fully saturated rings. The predicted octanol–water partition coefficient (Wildman–Crippen LogP) is 4.51. The monoisotopic (exact) mass is 451 g/mol. The summed E-state index contributed by atoms with van der Waals surface area (Å²) in [5.41, 5.74) is 2.70. The first-order chi connectivity index (χ1) is 16.0. The fourth-order valence-corrected chi connectivity index (χ4v) is 4.55. The topological polar surface area (TPSA) is 52.7 Å². The number of hydrogen-bond donors (Lipinski definition) is 1. The molecular formula is C27H34FN3O2. The van der Waals surface area contributed by atoms with Gasteiger partial charge < -0.3 is 10.2 Å². The van der Waals surface area contributed by atoms with E-state index < -0.39 is 0 Å². The van der Waals surface area contributed by atoms with Gasteiger partial charge in [0.25, 0.3) is 5.91 Å². The number of rotatable bonds is 9. The number of carbonyl (C=O) groups is 2. The van der Waals surface area contributed by atoms with E-state index in [-0.39, 0.29) is 23.7 Å². The number of nitrogens with zero attached hydrogens (tertiary/aromatic N) is 2. The van der Waals surface area contributed by atoms with E-state index in [1.165, 1.54) is 18.6 Å². The van der Waals surface area contributed by atoms with Crippen LogP contribution in [-0.4, -0.2) is 47.3 Å². The molecular weight excluding hydrogens is 417 g/mol. The van der Waals surface area contributed by atoms with Crippen molar-refractivity contribution in [2.75, 3.05) is 13.6 Å². The van der Waals surface area contributed by atoms with Gasteiger partial charge in [0, 0.05) is 30.7 Å². The maximum Gasteiger partial charge on any atom is 0.251 e. The molecule has 1 N–H and O–H groups in total. The molecule has 6 heteroatoms. The molecule has 5 nitrogen and oxygen atoms in total. The number of benzene rings is 2. The number of hydrogen-bond acceptors (Lipinski definition) is 3. The van der Waals surface area contributed by atoms with Crippen molar-refractivity contribution >= 4 is 11.8 Å². The molecule has 0 atom stereocenters. The number of amides is 2. The second-order valence-corrected chi connectivity index (χ2v) is 9.56. The lowest BCUT2D eigenvalue weighted by Gasteiger charge is -2.35. The summed E-state index contributed by atoms with van der Waals surface area (Å²) in [7, 11) is 1.95. The van der Waals surface area contributed by atoms with E-state index in [1.54, 1.807) is 12.1 Å². The van der Waals surface area contributed by atoms with Crippen molar-refractivity contribution in [3.8, 4) is 0 Å². The van der Waals surface area contributed by atoms with Crippen LogP contribution >= 0.6 is 0 Å². The molecule has 2 saturated carbocycles. The molecule has 0 radical (unpaired) electrons. The molecule has 0 heterocycles. The van der Waals surface area contributed by atoms with Gasteiger partial charge in [-0.3, -0.25) is 14.5 Å². The molecule has 2 amide bonds. The van der Waals surface area contributed by atoms with Crippen LogP contribution in [0.2, 0.25) is 0 Å². The van der Waals surface area contributed by atoms with Crippen LogP contribution in [0.15, 0.2) is 48.5 Å². The first-order valence-corrected chi connectivity index (χ1v) is 12.1. The molecule has 33 heavy (non-hydrogen) atoms. The molecule has 2 aliphatic carbocycles. The van der Waals surface area contributed by atoms with Crippen molar-refractivity contribution in [2.45, 2.75) is 70.1 Å². The van der Waals surface area contributed by atoms with Gasteiger partial charge in [0.1, 0.15) is 5.82 Å². The van der Waals surface area contributed by atoms with E-state index in [9.17, 15) is 14.0 Å². The third kappa shape index (κ3) is 6.87. The Kier molecular flexibility index (Phi) is 7.76. The lowest BCUT2D eigenvalue weighted by atomic mass is 9.93. The lowest BCUT2D eigenvalue weighted by Crippen LogP contribution is -2.45. The standard InChI is InChI=1S/C27H34FN3O2/c1-30(17-20-7-11-22(12-8-20)27(33)29-24-15-16-24)19-26(32)31(25-5-3-2-4-6-25)18-21-9-13-23(28)14-10-21/h7-14,24-25H,2-6,15-19H2,1H3,(H,29,33). The van der Waals surface area contributed by atoms with E-state index >= 15 is 0 Å². The van der Waals surface area contributed by atoms with Crippen molar-refractivity contribution in [1.82, 2.24) is 15.1 Å². The highest BCUT2D eigenvalue weighted by atomic mass is 19.1. The molecule has 0 aliphatic heterocycles. The Morgan fingerprint density at radius 1 is 0.879 bits per heavy atom. The van der Waals surface area contributed by atoms with Gasteiger partial charge in [0.05, 0.1) is 6.54 Å². The van der Waals surface area contributed by atoms with E-state index in [1.807, 2.05) is 41.1 Å². The average Bonchev–Trinajstić information content (AvgIpc) is 3.63. The zero-order valence-electron chi connectivity index (χ0n) is 19.4. The van der Waals surface area contributed by atoms with Crippen LogP contribution in [0.5, 0.6) is 0 Å². The largest absolute Gasteiger partial charge is 0.349 e. The van der Waals surface area contributed by atoms with Crippen LogP contribution < -0.4 is 5.32 Å². The van der Waals surface area contributed by atoms with Gasteiger partial charge in [-0.05, 0) is 68.1 Å². The second-order valence-electron chi connectivity index (χ2n) is 9.56. The smallest absolute Gasteiger partial charge is 0.251 e. The summed E-state index contributed by atoms with van der Waals surface area (Å²) >= 11 is 0. The fourth-order valence-electron chi connectivity index (χ4n) is 4.55. The number of halogens is 1. The van der Waals surface area contributed by atoms with Crippen LogP contribution in [0.4, 0.5) is 4.39 Å². The lowest BCUT2D eigenvalue weighted by molar-refractivity contribution is -0.136. The summed E-state index contributed by atoms with van der Waals surface area (Å²) in [4.78, 5) is 29.5. The molecule has 2 aliphatic rings. The van der Waals surface area contributed by atoms with E-state index in [0.717, 1.165) is 49.7 Å². The van der Waals surface area contributed by atoms with Crippen LogP contribution in [0.1, 0.15) is 66.4 Å². The van der Waals surface area contributed by atoms with Gasteiger partial charge in [-0.2, -0.15) is 0 Å². The SMILES string of the molecule is CN(CC(=O)N(Cc1ccc(F)cc1)C1CCCCC1)Cc1ccc(C(=O)NC2CC2)cc1. The summed E-state index contributed by atoms with van der Waals surface area (Å²) in [5.74, 6) is -0.171. The van der Waals surface area contributed by atoms with Crippen LogP contribution in [0.25, 0.3) is 0 Å². The minimum Gasteiger partial charge on any atom is -0.349 e. The Labute approximate surface area is 196 Å². The van der Waals surface area contributed by atoms with Crippen LogP contribution in [-0.2, 0) is 17.9 Å². The first-order valence-electron chi connectivity index (χ1n) is 12.1. The Morgan fingerprint density at radius 3 is 2.12 bits per heavy atom. The summed E-state index contributed by atoms with van der Waals surface area (Å²) in [6.45, 7) is 1.47. The van der Waals surface area contributed by atoms with Gasteiger partial charge >= 0.3 is 0 Å². The predicted molar refractivity (Wildman–Crippen MR) is 127 cm³/mol. The summed E-state index contributed by atoms with van der Waals surface area (Å²) in [6.07, 6.45) is 7.72. The average molecular weight is 452 g/mol. The summed E-state index contributed by atoms with van der Waals surface area (Å²) < 4.78 is 13.3. The van der Waals surface area contributed by atoms with E-state index in [0.29, 0.717) is 31.2 Å². The van der Waals surface area contributed by atoms with Gasteiger partial charge in [-0.15, -0.1) is 0 Å². The first kappa shape index (κ1) is 23.4. The molecule has 0 spiro atoms. The minimum atomic E-state index is -0.259. The van der Waals surface area contributed by atoms with Crippen LogP contribution in [0, 0.1) is 5.82 Å². The van der Waals surface area contributed by atoms with Crippen molar-refractivity contribution in [3.05, 3.63) is 71.0 Å². The normalized spacial score (nSPS) is 16.6. The molecule has 176 valence electrons. The Bertz CT molecular complexity index is 935. The van der Waals surface area contributed by atoms with Crippen molar-refractivity contribution in [3.63, 3.8) is 0 Å². The van der Waals surface area contributed by atoms with Crippen LogP contribution in [0.3, 0.4) is 0 Å². The molecule has 2 aromatic carbocycles. The third-order valence-corrected chi connectivity index (χ3v) is 6.59. The van der Waals surface area contributed by atoms with E-state index in [2.05, 4.69) is 5.32 Å². The Morgan fingerprint density at radius 2 is 1.48 bits per heavy atom. The van der Waals surface area contributed by atoms with E-state index in [4.69, 9.17) is 0 Å². The minimum absolute atomic E-state index is 0.0171. The maximum absolute atomic E-state index is 13.3. The molecule has 4 rings (SSSR count). The van der Waals surface area contributed by atoms with Crippen molar-refractivity contribution in [1.29, 1.82) is 0 Å². The van der Waals surface area contributed by atoms with Crippen molar-refractivity contribution in [2.24, 2.45) is 0 Å². The van der Waals surface area contributed by atoms with Gasteiger partial charge in [0.15, 0.2) is 0 Å². The Balaban J connectivity index is 1.35. The highest BCUT2D eigenvalue weighted by Gasteiger charge is 2.26. The third-order valence-electron chi connectivity index (χ3n) is 6.59. The highest BCUT2D eigenvalue weighted by molar-refractivity contribution is 5.94. The molecule has 0 bridgehead atoms.